The van der Waals surface area contributed by atoms with Crippen molar-refractivity contribution < 1.29 is 17.9 Å². The average molecular weight is 326 g/mol. The van der Waals surface area contributed by atoms with Crippen molar-refractivity contribution in [2.75, 3.05) is 31.8 Å². The average Bonchev–Trinajstić information content (AvgIpc) is 2.47. The highest BCUT2D eigenvalue weighted by Crippen LogP contribution is 2.27. The first-order chi connectivity index (χ1) is 10.3. The van der Waals surface area contributed by atoms with E-state index >= 15 is 0 Å². The summed E-state index contributed by atoms with van der Waals surface area (Å²) >= 11 is 0. The lowest BCUT2D eigenvalue weighted by atomic mass is 9.98. The van der Waals surface area contributed by atoms with Crippen molar-refractivity contribution >= 4 is 21.6 Å². The summed E-state index contributed by atoms with van der Waals surface area (Å²) in [5, 5.41) is 2.86. The van der Waals surface area contributed by atoms with Crippen LogP contribution in [0.1, 0.15) is 18.4 Å². The lowest BCUT2D eigenvalue weighted by Crippen LogP contribution is -2.43. The minimum Gasteiger partial charge on any atom is -0.495 e. The maximum absolute atomic E-state index is 12.4. The van der Waals surface area contributed by atoms with Gasteiger partial charge in [-0.3, -0.25) is 4.79 Å². The highest BCUT2D eigenvalue weighted by molar-refractivity contribution is 7.88. The number of carbonyl (C=O) groups excluding carboxylic acids is 1. The van der Waals surface area contributed by atoms with Crippen molar-refractivity contribution in [2.45, 2.75) is 19.8 Å². The number of carbonyl (C=O) groups is 1. The summed E-state index contributed by atoms with van der Waals surface area (Å²) in [6, 6.07) is 5.54. The minimum atomic E-state index is -3.26. The quantitative estimate of drug-likeness (QED) is 0.912. The predicted octanol–water partition coefficient (Wildman–Crippen LogP) is 1.61. The van der Waals surface area contributed by atoms with Crippen LogP contribution in [0.4, 0.5) is 5.69 Å². The molecule has 0 aliphatic carbocycles. The van der Waals surface area contributed by atoms with Crippen LogP contribution in [0.3, 0.4) is 0 Å². The molecule has 1 aliphatic rings. The summed E-state index contributed by atoms with van der Waals surface area (Å²) in [5.41, 5.74) is 1.63. The molecule has 1 atom stereocenters. The molecular weight excluding hydrogens is 304 g/mol. The molecule has 0 bridgehead atoms. The number of anilines is 1. The molecule has 1 heterocycles. The summed E-state index contributed by atoms with van der Waals surface area (Å²) in [6.07, 6.45) is 2.55. The van der Waals surface area contributed by atoms with Crippen LogP contribution in [0.15, 0.2) is 18.2 Å². The Morgan fingerprint density at radius 3 is 2.77 bits per heavy atom. The minimum absolute atomic E-state index is 0.169. The SMILES string of the molecule is COc1ccc(C)cc1NC(=O)[C@H]1CCCN(S(C)(=O)=O)C1. The van der Waals surface area contributed by atoms with Crippen LogP contribution in [0.5, 0.6) is 5.75 Å². The van der Waals surface area contributed by atoms with Crippen LogP contribution in [-0.4, -0.2) is 45.1 Å². The molecule has 1 N–H and O–H groups in total. The first kappa shape index (κ1) is 16.8. The van der Waals surface area contributed by atoms with Gasteiger partial charge in [0.15, 0.2) is 0 Å². The molecule has 7 heteroatoms. The maximum Gasteiger partial charge on any atom is 0.228 e. The number of nitrogens with zero attached hydrogens (tertiary/aromatic N) is 1. The Hall–Kier alpha value is -1.60. The van der Waals surface area contributed by atoms with Crippen LogP contribution in [0.2, 0.25) is 0 Å². The molecule has 122 valence electrons. The summed E-state index contributed by atoms with van der Waals surface area (Å²) in [6.45, 7) is 2.65. The Morgan fingerprint density at radius 1 is 1.41 bits per heavy atom. The number of methoxy groups -OCH3 is 1. The van der Waals surface area contributed by atoms with Gasteiger partial charge in [0.25, 0.3) is 0 Å². The number of hydrogen-bond donors (Lipinski definition) is 1. The molecule has 0 radical (unpaired) electrons. The number of nitrogens with one attached hydrogen (secondary N) is 1. The lowest BCUT2D eigenvalue weighted by Gasteiger charge is -2.30. The molecule has 0 spiro atoms. The Bertz CT molecular complexity index is 658. The van der Waals surface area contributed by atoms with Crippen molar-refractivity contribution in [2.24, 2.45) is 5.92 Å². The maximum atomic E-state index is 12.4. The Kier molecular flexibility index (Phi) is 5.08. The molecule has 22 heavy (non-hydrogen) atoms. The van der Waals surface area contributed by atoms with E-state index in [9.17, 15) is 13.2 Å². The molecule has 1 aliphatic heterocycles. The number of benzene rings is 1. The van der Waals surface area contributed by atoms with E-state index in [1.807, 2.05) is 19.1 Å². The van der Waals surface area contributed by atoms with E-state index in [1.54, 1.807) is 13.2 Å². The van der Waals surface area contributed by atoms with Gasteiger partial charge in [0.05, 0.1) is 25.0 Å². The molecule has 0 aromatic heterocycles. The molecule has 1 amide bonds. The van der Waals surface area contributed by atoms with Crippen LogP contribution in [0, 0.1) is 12.8 Å². The number of aryl methyl sites for hydroxylation is 1. The molecule has 0 saturated carbocycles. The standard InChI is InChI=1S/C15H22N2O4S/c1-11-6-7-14(21-2)13(9-11)16-15(18)12-5-4-8-17(10-12)22(3,19)20/h6-7,9,12H,4-5,8,10H2,1-3H3,(H,16,18)/t12-/m0/s1. The van der Waals surface area contributed by atoms with E-state index in [-0.39, 0.29) is 18.4 Å². The van der Waals surface area contributed by atoms with Gasteiger partial charge in [-0.05, 0) is 37.5 Å². The fourth-order valence-corrected chi connectivity index (χ4v) is 3.52. The van der Waals surface area contributed by atoms with E-state index in [4.69, 9.17) is 4.74 Å². The number of rotatable bonds is 4. The van der Waals surface area contributed by atoms with Crippen LogP contribution in [0.25, 0.3) is 0 Å². The van der Waals surface area contributed by atoms with Gasteiger partial charge in [0.2, 0.25) is 15.9 Å². The van der Waals surface area contributed by atoms with Gasteiger partial charge in [-0.2, -0.15) is 0 Å². The van der Waals surface area contributed by atoms with Gasteiger partial charge in [0.1, 0.15) is 5.75 Å². The molecule has 6 nitrogen and oxygen atoms in total. The number of hydrogen-bond acceptors (Lipinski definition) is 4. The summed E-state index contributed by atoms with van der Waals surface area (Å²) < 4.78 is 29.9. The molecule has 1 aromatic rings. The zero-order chi connectivity index (χ0) is 16.3. The van der Waals surface area contributed by atoms with Gasteiger partial charge < -0.3 is 10.1 Å². The third-order valence-corrected chi connectivity index (χ3v) is 5.11. The smallest absolute Gasteiger partial charge is 0.228 e. The fraction of sp³-hybridized carbons (Fsp3) is 0.533. The number of ether oxygens (including phenoxy) is 1. The molecule has 1 saturated heterocycles. The van der Waals surface area contributed by atoms with Crippen LogP contribution in [-0.2, 0) is 14.8 Å². The second-order valence-electron chi connectivity index (χ2n) is 5.65. The van der Waals surface area contributed by atoms with Crippen molar-refractivity contribution in [3.8, 4) is 5.75 Å². The first-order valence-electron chi connectivity index (χ1n) is 7.22. The summed E-state index contributed by atoms with van der Waals surface area (Å²) in [5.74, 6) is 0.0840. The molecular formula is C15H22N2O4S. The van der Waals surface area contributed by atoms with Crippen LogP contribution >= 0.6 is 0 Å². The van der Waals surface area contributed by atoms with Gasteiger partial charge in [-0.1, -0.05) is 6.07 Å². The Labute approximate surface area is 131 Å². The third-order valence-electron chi connectivity index (χ3n) is 3.84. The summed E-state index contributed by atoms with van der Waals surface area (Å²) in [4.78, 5) is 12.4. The van der Waals surface area contributed by atoms with Gasteiger partial charge in [0, 0.05) is 13.1 Å². The lowest BCUT2D eigenvalue weighted by molar-refractivity contribution is -0.120. The zero-order valence-electron chi connectivity index (χ0n) is 13.1. The van der Waals surface area contributed by atoms with E-state index in [0.717, 1.165) is 5.56 Å². The van der Waals surface area contributed by atoms with E-state index in [2.05, 4.69) is 5.32 Å². The highest BCUT2D eigenvalue weighted by atomic mass is 32.2. The second-order valence-corrected chi connectivity index (χ2v) is 7.64. The highest BCUT2D eigenvalue weighted by Gasteiger charge is 2.30. The largest absolute Gasteiger partial charge is 0.495 e. The van der Waals surface area contributed by atoms with Crippen molar-refractivity contribution in [1.82, 2.24) is 4.31 Å². The van der Waals surface area contributed by atoms with Gasteiger partial charge in [-0.15, -0.1) is 0 Å². The second kappa shape index (κ2) is 6.66. The van der Waals surface area contributed by atoms with E-state index < -0.39 is 10.0 Å². The molecule has 1 aromatic carbocycles. The first-order valence-corrected chi connectivity index (χ1v) is 9.06. The Balaban J connectivity index is 2.11. The number of piperidine rings is 1. The summed E-state index contributed by atoms with van der Waals surface area (Å²) in [7, 11) is -1.71. The fourth-order valence-electron chi connectivity index (χ4n) is 2.61. The van der Waals surface area contributed by atoms with Crippen molar-refractivity contribution in [1.29, 1.82) is 0 Å². The third kappa shape index (κ3) is 3.98. The topological polar surface area (TPSA) is 75.7 Å². The Morgan fingerprint density at radius 2 is 2.14 bits per heavy atom. The normalized spacial score (nSPS) is 19.7. The monoisotopic (exact) mass is 326 g/mol. The molecule has 1 fully saturated rings. The molecule has 2 rings (SSSR count). The number of amides is 1. The molecule has 0 unspecified atom stereocenters. The van der Waals surface area contributed by atoms with Crippen molar-refractivity contribution in [3.63, 3.8) is 0 Å². The zero-order valence-corrected chi connectivity index (χ0v) is 13.9. The van der Waals surface area contributed by atoms with Gasteiger partial charge in [-0.25, -0.2) is 12.7 Å². The van der Waals surface area contributed by atoms with E-state index in [0.29, 0.717) is 30.8 Å². The number of sulfonamides is 1. The predicted molar refractivity (Wildman–Crippen MR) is 85.5 cm³/mol. The van der Waals surface area contributed by atoms with E-state index in [1.165, 1.54) is 10.6 Å². The van der Waals surface area contributed by atoms with Gasteiger partial charge >= 0.3 is 0 Å². The van der Waals surface area contributed by atoms with Crippen LogP contribution < -0.4 is 10.1 Å². The van der Waals surface area contributed by atoms with Crippen molar-refractivity contribution in [3.05, 3.63) is 23.8 Å².